The number of hydrogen-bond acceptors (Lipinski definition) is 0. The summed E-state index contributed by atoms with van der Waals surface area (Å²) in [6.45, 7) is 10.9. The third-order valence-corrected chi connectivity index (χ3v) is 8.86. The van der Waals surface area contributed by atoms with E-state index in [1.54, 1.807) is 0 Å². The summed E-state index contributed by atoms with van der Waals surface area (Å²) < 4.78 is 0. The topological polar surface area (TPSA) is 0 Å². The Hall–Kier alpha value is -1.53. The van der Waals surface area contributed by atoms with Gasteiger partial charge in [0.05, 0.1) is 0 Å². The van der Waals surface area contributed by atoms with Crippen molar-refractivity contribution in [3.8, 4) is 0 Å². The van der Waals surface area contributed by atoms with Crippen molar-refractivity contribution >= 4 is 34.6 Å². The average Bonchev–Trinajstić information content (AvgIpc) is 3.30. The Morgan fingerprint density at radius 3 is 1.60 bits per heavy atom. The summed E-state index contributed by atoms with van der Waals surface area (Å²) in [5, 5.41) is 6.89. The molecule has 1 aliphatic rings. The summed E-state index contributed by atoms with van der Waals surface area (Å²) >= 11 is 0. The van der Waals surface area contributed by atoms with Gasteiger partial charge in [-0.2, -0.15) is 17.2 Å². The Balaban J connectivity index is 0.000000407. The largest absolute Gasteiger partial charge is 4.00 e. The van der Waals surface area contributed by atoms with Crippen LogP contribution in [0.4, 0.5) is 0 Å². The van der Waals surface area contributed by atoms with Crippen LogP contribution in [-0.2, 0) is 21.7 Å². The molecule has 1 aliphatic carbocycles. The van der Waals surface area contributed by atoms with E-state index in [2.05, 4.69) is 138 Å². The van der Waals surface area contributed by atoms with Gasteiger partial charge in [-0.15, -0.1) is 47.3 Å². The molecule has 0 N–H and O–H groups in total. The molecule has 4 aromatic carbocycles. The molecule has 0 radical (unpaired) electrons. The maximum absolute atomic E-state index is 3.44. The summed E-state index contributed by atoms with van der Waals surface area (Å²) in [7, 11) is -0.493. The first-order chi connectivity index (χ1) is 15.4. The van der Waals surface area contributed by atoms with Crippen LogP contribution >= 0.6 is 7.92 Å². The van der Waals surface area contributed by atoms with Crippen LogP contribution in [0.1, 0.15) is 34.6 Å². The van der Waals surface area contributed by atoms with Gasteiger partial charge in [-0.1, -0.05) is 99.8 Å². The molecule has 0 spiro atoms. The SMILES string of the molecule is CC1=[C-]C(C)(C)C(C)=C1C.[Cl-].[Cl-].[Ti+4].c1ccc(P(c2ccccc2)c2cc3ccccc3[cH-]2)cc1. The molecule has 0 atom stereocenters. The summed E-state index contributed by atoms with van der Waals surface area (Å²) in [5.74, 6) is 0. The summed E-state index contributed by atoms with van der Waals surface area (Å²) in [6, 6.07) is 35.0. The van der Waals surface area contributed by atoms with E-state index in [0.717, 1.165) is 0 Å². The molecular formula is C31H31Cl2PTi. The predicted octanol–water partition coefficient (Wildman–Crippen LogP) is 1.43. The summed E-state index contributed by atoms with van der Waals surface area (Å²) in [4.78, 5) is 0. The molecule has 178 valence electrons. The first-order valence-corrected chi connectivity index (χ1v) is 12.6. The maximum atomic E-state index is 3.44. The van der Waals surface area contributed by atoms with Crippen LogP contribution in [0, 0.1) is 11.5 Å². The number of benzene rings is 3. The van der Waals surface area contributed by atoms with Crippen molar-refractivity contribution in [3.63, 3.8) is 0 Å². The number of allylic oxidation sites excluding steroid dienone is 4. The Bertz CT molecular complexity index is 1200. The van der Waals surface area contributed by atoms with Crippen molar-refractivity contribution in [1.29, 1.82) is 0 Å². The quantitative estimate of drug-likeness (QED) is 0.205. The predicted molar refractivity (Wildman–Crippen MR) is 143 cm³/mol. The van der Waals surface area contributed by atoms with E-state index < -0.39 is 7.92 Å². The van der Waals surface area contributed by atoms with Crippen molar-refractivity contribution in [1.82, 2.24) is 0 Å². The molecule has 35 heavy (non-hydrogen) atoms. The zero-order chi connectivity index (χ0) is 22.7. The Kier molecular flexibility index (Phi) is 12.3. The van der Waals surface area contributed by atoms with Gasteiger partial charge in [-0.25, -0.2) is 5.57 Å². The Labute approximate surface area is 239 Å². The molecule has 0 unspecified atom stereocenters. The Morgan fingerprint density at radius 1 is 0.714 bits per heavy atom. The minimum atomic E-state index is -0.493. The molecule has 0 aromatic heterocycles. The second kappa shape index (κ2) is 13.7. The van der Waals surface area contributed by atoms with E-state index in [4.69, 9.17) is 0 Å². The van der Waals surface area contributed by atoms with Crippen LogP contribution in [-0.4, -0.2) is 0 Å². The van der Waals surface area contributed by atoms with Gasteiger partial charge in [0.1, 0.15) is 0 Å². The van der Waals surface area contributed by atoms with Crippen molar-refractivity contribution in [3.05, 3.63) is 120 Å². The molecule has 0 saturated carbocycles. The molecule has 0 saturated heterocycles. The second-order valence-corrected chi connectivity index (χ2v) is 11.2. The normalized spacial score (nSPS) is 13.7. The molecule has 0 nitrogen and oxygen atoms in total. The fourth-order valence-electron chi connectivity index (χ4n) is 4.27. The number of fused-ring (bicyclic) bond motifs is 1. The summed E-state index contributed by atoms with van der Waals surface area (Å²) in [5.41, 5.74) is 4.39. The van der Waals surface area contributed by atoms with Gasteiger partial charge in [-0.05, 0) is 18.5 Å². The van der Waals surface area contributed by atoms with Gasteiger partial charge in [-0.3, -0.25) is 6.08 Å². The smallest absolute Gasteiger partial charge is 1.00 e. The summed E-state index contributed by atoms with van der Waals surface area (Å²) in [6.07, 6.45) is 3.44. The van der Waals surface area contributed by atoms with E-state index in [0.29, 0.717) is 0 Å². The molecule has 4 heteroatoms. The van der Waals surface area contributed by atoms with Gasteiger partial charge < -0.3 is 24.8 Å². The monoisotopic (exact) mass is 552 g/mol. The Morgan fingerprint density at radius 2 is 1.20 bits per heavy atom. The zero-order valence-electron chi connectivity index (χ0n) is 20.9. The second-order valence-electron chi connectivity index (χ2n) is 8.97. The molecule has 5 rings (SSSR count). The van der Waals surface area contributed by atoms with Gasteiger partial charge in [0, 0.05) is 0 Å². The van der Waals surface area contributed by atoms with Crippen molar-refractivity contribution in [2.24, 2.45) is 5.41 Å². The first kappa shape index (κ1) is 31.5. The molecule has 0 fully saturated rings. The van der Waals surface area contributed by atoms with E-state index >= 15 is 0 Å². The van der Waals surface area contributed by atoms with Gasteiger partial charge in [0.15, 0.2) is 0 Å². The van der Waals surface area contributed by atoms with E-state index in [1.165, 1.54) is 43.4 Å². The first-order valence-electron chi connectivity index (χ1n) is 11.2. The average molecular weight is 553 g/mol. The van der Waals surface area contributed by atoms with Gasteiger partial charge in [0.25, 0.3) is 0 Å². The van der Waals surface area contributed by atoms with Crippen molar-refractivity contribution in [2.75, 3.05) is 0 Å². The minimum Gasteiger partial charge on any atom is -1.00 e. The van der Waals surface area contributed by atoms with Crippen LogP contribution in [0.15, 0.2) is 114 Å². The van der Waals surface area contributed by atoms with Gasteiger partial charge >= 0.3 is 21.7 Å². The fraction of sp³-hybridized carbons (Fsp3) is 0.194. The zero-order valence-corrected chi connectivity index (χ0v) is 24.9. The molecule has 0 aliphatic heterocycles. The minimum absolute atomic E-state index is 0. The number of rotatable bonds is 3. The van der Waals surface area contributed by atoms with E-state index in [-0.39, 0.29) is 51.9 Å². The van der Waals surface area contributed by atoms with Crippen LogP contribution in [0.25, 0.3) is 10.8 Å². The van der Waals surface area contributed by atoms with Crippen LogP contribution in [0.5, 0.6) is 0 Å². The van der Waals surface area contributed by atoms with E-state index in [9.17, 15) is 0 Å². The van der Waals surface area contributed by atoms with Crippen LogP contribution < -0.4 is 40.7 Å². The maximum Gasteiger partial charge on any atom is 4.00 e. The molecule has 0 heterocycles. The van der Waals surface area contributed by atoms with Gasteiger partial charge in [0.2, 0.25) is 0 Å². The third kappa shape index (κ3) is 7.25. The van der Waals surface area contributed by atoms with Crippen molar-refractivity contribution in [2.45, 2.75) is 34.6 Å². The van der Waals surface area contributed by atoms with Crippen LogP contribution in [0.3, 0.4) is 0 Å². The standard InChI is InChI=1S/C21H16P.C10H15.2ClH.Ti/c1-3-11-19(12-4-1)22(20-13-5-2-6-14-20)21-15-17-9-7-8-10-18(17)16-21;1-7-6-10(4,5)9(3)8(7)2;;;/h1-16H;1-5H3;2*1H;/q2*-1;;;+4/p-2. The molecule has 4 aromatic rings. The van der Waals surface area contributed by atoms with Crippen LogP contribution in [0.2, 0.25) is 0 Å². The molecule has 0 amide bonds. The number of halogens is 2. The molecular weight excluding hydrogens is 522 g/mol. The number of hydrogen-bond donors (Lipinski definition) is 0. The van der Waals surface area contributed by atoms with E-state index in [1.807, 2.05) is 0 Å². The fourth-order valence-corrected chi connectivity index (χ4v) is 6.64. The molecule has 0 bridgehead atoms. The van der Waals surface area contributed by atoms with Crippen molar-refractivity contribution < 1.29 is 46.5 Å². The third-order valence-electron chi connectivity index (χ3n) is 6.45.